The standard InChI is InChI=1S/C15H24N2S/c1-11(2)7-4-5-10-17-14-12(3)8-6-9-13(14)15(16)18/h6,8-9,11,17H,4-5,7,10H2,1-3H3,(H2,16,18). The van der Waals surface area contributed by atoms with Crippen molar-refractivity contribution in [2.75, 3.05) is 11.9 Å². The molecule has 0 amide bonds. The van der Waals surface area contributed by atoms with Crippen LogP contribution in [0.4, 0.5) is 5.69 Å². The molecule has 0 heterocycles. The monoisotopic (exact) mass is 264 g/mol. The first-order chi connectivity index (χ1) is 8.52. The van der Waals surface area contributed by atoms with E-state index in [0.29, 0.717) is 4.99 Å². The lowest BCUT2D eigenvalue weighted by Gasteiger charge is -2.14. The van der Waals surface area contributed by atoms with E-state index in [1.165, 1.54) is 24.8 Å². The van der Waals surface area contributed by atoms with Crippen molar-refractivity contribution in [1.29, 1.82) is 0 Å². The second-order valence-corrected chi connectivity index (χ2v) is 5.62. The normalized spacial score (nSPS) is 10.7. The number of aryl methyl sites for hydroxylation is 1. The Hall–Kier alpha value is -1.09. The van der Waals surface area contributed by atoms with Crippen LogP contribution in [0.1, 0.15) is 44.2 Å². The molecule has 18 heavy (non-hydrogen) atoms. The van der Waals surface area contributed by atoms with Crippen molar-refractivity contribution in [3.05, 3.63) is 29.3 Å². The summed E-state index contributed by atoms with van der Waals surface area (Å²) in [5, 5.41) is 3.47. The molecule has 0 radical (unpaired) electrons. The maximum absolute atomic E-state index is 5.75. The first-order valence-electron chi connectivity index (χ1n) is 6.65. The molecule has 0 fully saturated rings. The molecular weight excluding hydrogens is 240 g/mol. The minimum Gasteiger partial charge on any atom is -0.389 e. The van der Waals surface area contributed by atoms with Crippen LogP contribution >= 0.6 is 12.2 Å². The third-order valence-electron chi connectivity index (χ3n) is 3.05. The van der Waals surface area contributed by atoms with Crippen molar-refractivity contribution in [1.82, 2.24) is 0 Å². The van der Waals surface area contributed by atoms with Gasteiger partial charge in [-0.25, -0.2) is 0 Å². The summed E-state index contributed by atoms with van der Waals surface area (Å²) in [4.78, 5) is 0.461. The fraction of sp³-hybridized carbons (Fsp3) is 0.533. The molecule has 3 heteroatoms. The Morgan fingerprint density at radius 2 is 2.06 bits per heavy atom. The maximum atomic E-state index is 5.75. The van der Waals surface area contributed by atoms with Crippen molar-refractivity contribution in [2.45, 2.75) is 40.0 Å². The molecule has 100 valence electrons. The highest BCUT2D eigenvalue weighted by Crippen LogP contribution is 2.20. The Bertz CT molecular complexity index is 399. The highest BCUT2D eigenvalue weighted by molar-refractivity contribution is 7.80. The van der Waals surface area contributed by atoms with Crippen LogP contribution in [0, 0.1) is 12.8 Å². The van der Waals surface area contributed by atoms with Crippen molar-refractivity contribution in [2.24, 2.45) is 11.7 Å². The Morgan fingerprint density at radius 1 is 1.33 bits per heavy atom. The van der Waals surface area contributed by atoms with E-state index in [4.69, 9.17) is 18.0 Å². The molecule has 0 aliphatic carbocycles. The maximum Gasteiger partial charge on any atom is 0.106 e. The Balaban J connectivity index is 2.53. The summed E-state index contributed by atoms with van der Waals surface area (Å²) < 4.78 is 0. The number of hydrogen-bond donors (Lipinski definition) is 2. The zero-order chi connectivity index (χ0) is 13.5. The number of thiocarbonyl (C=S) groups is 1. The summed E-state index contributed by atoms with van der Waals surface area (Å²) in [6, 6.07) is 6.05. The highest BCUT2D eigenvalue weighted by atomic mass is 32.1. The summed E-state index contributed by atoms with van der Waals surface area (Å²) in [5.74, 6) is 0.788. The number of hydrogen-bond acceptors (Lipinski definition) is 2. The lowest BCUT2D eigenvalue weighted by atomic mass is 10.1. The second-order valence-electron chi connectivity index (χ2n) is 5.18. The third-order valence-corrected chi connectivity index (χ3v) is 3.27. The van der Waals surface area contributed by atoms with E-state index in [9.17, 15) is 0 Å². The quantitative estimate of drug-likeness (QED) is 0.580. The van der Waals surface area contributed by atoms with Gasteiger partial charge in [0.25, 0.3) is 0 Å². The Kier molecular flexibility index (Phi) is 6.13. The summed E-state index contributed by atoms with van der Waals surface area (Å²) in [6.45, 7) is 7.59. The summed E-state index contributed by atoms with van der Waals surface area (Å²) in [7, 11) is 0. The van der Waals surface area contributed by atoms with Gasteiger partial charge in [-0.05, 0) is 30.9 Å². The molecule has 0 aliphatic heterocycles. The minimum absolute atomic E-state index is 0.461. The number of nitrogens with one attached hydrogen (secondary N) is 1. The summed E-state index contributed by atoms with van der Waals surface area (Å²) in [5.41, 5.74) is 8.99. The van der Waals surface area contributed by atoms with Crippen LogP contribution < -0.4 is 11.1 Å². The lowest BCUT2D eigenvalue weighted by Crippen LogP contribution is -2.14. The van der Waals surface area contributed by atoms with E-state index >= 15 is 0 Å². The van der Waals surface area contributed by atoms with E-state index in [0.717, 1.165) is 23.7 Å². The van der Waals surface area contributed by atoms with Gasteiger partial charge in [-0.3, -0.25) is 0 Å². The molecule has 1 aromatic rings. The van der Waals surface area contributed by atoms with Crippen LogP contribution in [-0.2, 0) is 0 Å². The van der Waals surface area contributed by atoms with E-state index < -0.39 is 0 Å². The number of para-hydroxylation sites is 1. The number of unbranched alkanes of at least 4 members (excludes halogenated alkanes) is 1. The van der Waals surface area contributed by atoms with Crippen LogP contribution in [0.25, 0.3) is 0 Å². The van der Waals surface area contributed by atoms with Gasteiger partial charge in [0, 0.05) is 17.8 Å². The van der Waals surface area contributed by atoms with Gasteiger partial charge >= 0.3 is 0 Å². The van der Waals surface area contributed by atoms with Crippen LogP contribution in [0.5, 0.6) is 0 Å². The molecule has 2 nitrogen and oxygen atoms in total. The molecule has 0 bridgehead atoms. The van der Waals surface area contributed by atoms with Gasteiger partial charge in [0.1, 0.15) is 4.99 Å². The molecule has 0 spiro atoms. The zero-order valence-corrected chi connectivity index (χ0v) is 12.4. The van der Waals surface area contributed by atoms with Crippen molar-refractivity contribution in [3.8, 4) is 0 Å². The molecule has 0 atom stereocenters. The van der Waals surface area contributed by atoms with Crippen LogP contribution in [0.2, 0.25) is 0 Å². The van der Waals surface area contributed by atoms with Crippen LogP contribution in [0.15, 0.2) is 18.2 Å². The first-order valence-corrected chi connectivity index (χ1v) is 7.06. The molecule has 0 saturated heterocycles. The average Bonchev–Trinajstić information content (AvgIpc) is 2.29. The van der Waals surface area contributed by atoms with Gasteiger partial charge in [0.15, 0.2) is 0 Å². The fourth-order valence-electron chi connectivity index (χ4n) is 2.00. The Morgan fingerprint density at radius 3 is 2.67 bits per heavy atom. The largest absolute Gasteiger partial charge is 0.389 e. The van der Waals surface area contributed by atoms with E-state index in [1.807, 2.05) is 12.1 Å². The van der Waals surface area contributed by atoms with Crippen molar-refractivity contribution in [3.63, 3.8) is 0 Å². The molecule has 0 aromatic heterocycles. The highest BCUT2D eigenvalue weighted by Gasteiger charge is 2.06. The molecule has 0 saturated carbocycles. The van der Waals surface area contributed by atoms with Crippen LogP contribution in [0.3, 0.4) is 0 Å². The van der Waals surface area contributed by atoms with Gasteiger partial charge in [-0.15, -0.1) is 0 Å². The SMILES string of the molecule is Cc1cccc(C(N)=S)c1NCCCCC(C)C. The number of anilines is 1. The van der Waals surface area contributed by atoms with Gasteiger partial charge < -0.3 is 11.1 Å². The van der Waals surface area contributed by atoms with E-state index in [2.05, 4.69) is 32.2 Å². The lowest BCUT2D eigenvalue weighted by molar-refractivity contribution is 0.545. The van der Waals surface area contributed by atoms with Gasteiger partial charge in [0.2, 0.25) is 0 Å². The van der Waals surface area contributed by atoms with Gasteiger partial charge in [-0.2, -0.15) is 0 Å². The number of nitrogens with two attached hydrogens (primary N) is 1. The minimum atomic E-state index is 0.461. The zero-order valence-electron chi connectivity index (χ0n) is 11.6. The molecule has 1 aromatic carbocycles. The summed E-state index contributed by atoms with van der Waals surface area (Å²) in [6.07, 6.45) is 3.74. The summed E-state index contributed by atoms with van der Waals surface area (Å²) >= 11 is 5.08. The average molecular weight is 264 g/mol. The molecule has 3 N–H and O–H groups in total. The topological polar surface area (TPSA) is 38.0 Å². The second kappa shape index (κ2) is 7.37. The number of benzene rings is 1. The molecule has 0 aliphatic rings. The number of rotatable bonds is 7. The smallest absolute Gasteiger partial charge is 0.106 e. The first kappa shape index (κ1) is 15.0. The van der Waals surface area contributed by atoms with Crippen LogP contribution in [-0.4, -0.2) is 11.5 Å². The third kappa shape index (κ3) is 4.65. The molecule has 1 rings (SSSR count). The van der Waals surface area contributed by atoms with Gasteiger partial charge in [0.05, 0.1) is 0 Å². The van der Waals surface area contributed by atoms with E-state index in [1.54, 1.807) is 0 Å². The Labute approximate surface area is 116 Å². The molecular formula is C15H24N2S. The molecule has 0 unspecified atom stereocenters. The fourth-order valence-corrected chi connectivity index (χ4v) is 2.17. The van der Waals surface area contributed by atoms with Gasteiger partial charge in [-0.1, -0.05) is 51.0 Å². The van der Waals surface area contributed by atoms with Crippen molar-refractivity contribution < 1.29 is 0 Å². The van der Waals surface area contributed by atoms with Crippen molar-refractivity contribution >= 4 is 22.9 Å². The van der Waals surface area contributed by atoms with E-state index in [-0.39, 0.29) is 0 Å². The predicted molar refractivity (Wildman–Crippen MR) is 84.2 cm³/mol. The predicted octanol–water partition coefficient (Wildman–Crippen LogP) is 3.87.